The van der Waals surface area contributed by atoms with Crippen LogP contribution in [-0.2, 0) is 25.6 Å². The van der Waals surface area contributed by atoms with Crippen molar-refractivity contribution in [1.82, 2.24) is 0 Å². The first-order chi connectivity index (χ1) is 1.73. The van der Waals surface area contributed by atoms with Crippen molar-refractivity contribution in [3.63, 3.8) is 0 Å². The van der Waals surface area contributed by atoms with Crippen LogP contribution < -0.4 is 0 Å². The van der Waals surface area contributed by atoms with Crippen molar-refractivity contribution in [2.75, 3.05) is 0 Å². The van der Waals surface area contributed by atoms with Crippen molar-refractivity contribution >= 4 is 32.7 Å². The molecular weight excluding hydrogens is 297 g/mol. The SMILES string of the molecule is O=[PH](O)O.[Mo].[SbH]. The van der Waals surface area contributed by atoms with E-state index >= 15 is 0 Å². The van der Waals surface area contributed by atoms with Gasteiger partial charge in [0.25, 0.3) is 0 Å². The van der Waals surface area contributed by atoms with E-state index in [2.05, 4.69) is 0 Å². The third kappa shape index (κ3) is 44.7. The normalized spacial score (nSPS) is 5.83. The Balaban J connectivity index is -0.0000000450. The predicted octanol–water partition coefficient (Wildman–Crippen LogP) is -1.29. The zero-order chi connectivity index (χ0) is 3.58. The first kappa shape index (κ1) is 15.6. The molecule has 0 aromatic rings. The summed E-state index contributed by atoms with van der Waals surface area (Å²) >= 11 is 0. The molecule has 0 amide bonds. The molecule has 0 aromatic heterocycles. The zero-order valence-electron chi connectivity index (χ0n) is 2.71. The Kier molecular flexibility index (Phi) is 25.6. The fourth-order valence-electron chi connectivity index (χ4n) is 0. The van der Waals surface area contributed by atoms with Crippen molar-refractivity contribution in [3.05, 3.63) is 0 Å². The fourth-order valence-corrected chi connectivity index (χ4v) is 0. The molecule has 2 N–H and O–H groups in total. The van der Waals surface area contributed by atoms with Crippen LogP contribution in [0.15, 0.2) is 0 Å². The molecule has 0 aliphatic rings. The monoisotopic (exact) mass is 302 g/mol. The molecule has 0 unspecified atom stereocenters. The van der Waals surface area contributed by atoms with Crippen LogP contribution in [0.5, 0.6) is 0 Å². The Morgan fingerprint density at radius 1 is 1.33 bits per heavy atom. The van der Waals surface area contributed by atoms with Gasteiger partial charge in [-0.1, -0.05) is 0 Å². The van der Waals surface area contributed by atoms with E-state index in [1.165, 1.54) is 0 Å². The van der Waals surface area contributed by atoms with Gasteiger partial charge >= 0.3 is 32.7 Å². The van der Waals surface area contributed by atoms with Crippen LogP contribution in [0, 0.1) is 0 Å². The summed E-state index contributed by atoms with van der Waals surface area (Å²) in [6.07, 6.45) is 0. The summed E-state index contributed by atoms with van der Waals surface area (Å²) in [5, 5.41) is 0. The van der Waals surface area contributed by atoms with E-state index in [0.717, 1.165) is 0 Å². The van der Waals surface area contributed by atoms with Crippen molar-refractivity contribution in [2.45, 2.75) is 0 Å². The molecule has 0 saturated carbocycles. The molecule has 6 heavy (non-hydrogen) atoms. The number of hydrogen-bond acceptors (Lipinski definition) is 1. The van der Waals surface area contributed by atoms with Gasteiger partial charge in [0.15, 0.2) is 0 Å². The Hall–Kier alpha value is 1.66. The van der Waals surface area contributed by atoms with E-state index in [1.807, 2.05) is 0 Å². The van der Waals surface area contributed by atoms with Crippen molar-refractivity contribution in [2.24, 2.45) is 0 Å². The predicted molar refractivity (Wildman–Crippen MR) is 20.6 cm³/mol. The standard InChI is InChI=1S/Mo.H3O3P.Sb.H/c;1-4(2)3;;/h;4H,(H2,1,2,3);;. The van der Waals surface area contributed by atoms with Gasteiger partial charge in [-0.3, -0.25) is 4.57 Å². The van der Waals surface area contributed by atoms with Crippen molar-refractivity contribution < 1.29 is 35.4 Å². The molecule has 0 atom stereocenters. The van der Waals surface area contributed by atoms with E-state index in [9.17, 15) is 0 Å². The molecule has 3 nitrogen and oxygen atoms in total. The van der Waals surface area contributed by atoms with Crippen LogP contribution in [0.2, 0.25) is 0 Å². The summed E-state index contributed by atoms with van der Waals surface area (Å²) in [5.41, 5.74) is 0. The van der Waals surface area contributed by atoms with Gasteiger partial charge in [0.1, 0.15) is 0 Å². The van der Waals surface area contributed by atoms with Gasteiger partial charge in [-0.2, -0.15) is 0 Å². The zero-order valence-corrected chi connectivity index (χ0v) is 8.57. The van der Waals surface area contributed by atoms with E-state index < -0.39 is 8.25 Å². The first-order valence-corrected chi connectivity index (χ1v) is 1.95. The van der Waals surface area contributed by atoms with E-state index in [4.69, 9.17) is 14.4 Å². The molecule has 0 rings (SSSR count). The van der Waals surface area contributed by atoms with Gasteiger partial charge in [0, 0.05) is 21.1 Å². The van der Waals surface area contributed by atoms with Crippen LogP contribution >= 0.6 is 8.25 Å². The van der Waals surface area contributed by atoms with Gasteiger partial charge < -0.3 is 9.79 Å². The minimum absolute atomic E-state index is 0. The molecule has 0 aliphatic heterocycles. The van der Waals surface area contributed by atoms with Crippen LogP contribution in [0.4, 0.5) is 0 Å². The topological polar surface area (TPSA) is 57.5 Å². The van der Waals surface area contributed by atoms with Crippen LogP contribution in [0.25, 0.3) is 0 Å². The Labute approximate surface area is 67.8 Å². The average molecular weight is 301 g/mol. The van der Waals surface area contributed by atoms with E-state index in [1.54, 1.807) is 0 Å². The maximum absolute atomic E-state index is 8.74. The van der Waals surface area contributed by atoms with Gasteiger partial charge in [0.2, 0.25) is 0 Å². The summed E-state index contributed by atoms with van der Waals surface area (Å²) in [4.78, 5) is 14.3. The molecule has 0 bridgehead atoms. The molecule has 38 valence electrons. The summed E-state index contributed by atoms with van der Waals surface area (Å²) < 4.78 is 8.74. The molecular formula is H4MoO3PSb. The van der Waals surface area contributed by atoms with Crippen molar-refractivity contribution in [3.8, 4) is 0 Å². The minimum atomic E-state index is -3.13. The van der Waals surface area contributed by atoms with Gasteiger partial charge in [-0.15, -0.1) is 0 Å². The van der Waals surface area contributed by atoms with E-state index in [-0.39, 0.29) is 45.5 Å². The Morgan fingerprint density at radius 2 is 1.33 bits per heavy atom. The number of rotatable bonds is 0. The quantitative estimate of drug-likeness (QED) is 0.432. The van der Waals surface area contributed by atoms with Crippen LogP contribution in [0.1, 0.15) is 0 Å². The molecule has 0 heterocycles. The molecule has 0 fully saturated rings. The molecule has 6 heteroatoms. The van der Waals surface area contributed by atoms with Crippen LogP contribution in [-0.4, -0.2) is 34.2 Å². The van der Waals surface area contributed by atoms with Gasteiger partial charge in [-0.05, 0) is 0 Å². The number of hydrogen-bond donors (Lipinski definition) is 2. The summed E-state index contributed by atoms with van der Waals surface area (Å²) in [6, 6.07) is 0. The molecule has 0 aromatic carbocycles. The average Bonchev–Trinajstić information content (AvgIpc) is 0.811. The van der Waals surface area contributed by atoms with E-state index in [0.29, 0.717) is 0 Å². The summed E-state index contributed by atoms with van der Waals surface area (Å²) in [6.45, 7) is 0. The van der Waals surface area contributed by atoms with Gasteiger partial charge in [-0.25, -0.2) is 0 Å². The Bertz CT molecular complexity index is 33.8. The molecule has 2 radical (unpaired) electrons. The summed E-state index contributed by atoms with van der Waals surface area (Å²) in [5.74, 6) is 0. The third-order valence-corrected chi connectivity index (χ3v) is 0. The summed E-state index contributed by atoms with van der Waals surface area (Å²) in [7, 11) is -3.13. The first-order valence-electron chi connectivity index (χ1n) is 0.651. The second-order valence-corrected chi connectivity index (χ2v) is 0.848. The Morgan fingerprint density at radius 3 is 1.33 bits per heavy atom. The second kappa shape index (κ2) is 9.82. The van der Waals surface area contributed by atoms with Crippen LogP contribution in [0.3, 0.4) is 0 Å². The molecule has 0 aliphatic carbocycles. The fraction of sp³-hybridized carbons (Fsp3) is 0. The molecule has 0 saturated heterocycles. The van der Waals surface area contributed by atoms with Crippen molar-refractivity contribution in [1.29, 1.82) is 0 Å². The van der Waals surface area contributed by atoms with Gasteiger partial charge in [0.05, 0.1) is 0 Å². The molecule has 0 spiro atoms. The maximum atomic E-state index is 8.74. The second-order valence-electron chi connectivity index (χ2n) is 0.283. The third-order valence-electron chi connectivity index (χ3n) is 0.